The number of benzene rings is 1. The van der Waals surface area contributed by atoms with Crippen LogP contribution in [0.3, 0.4) is 0 Å². The molecule has 1 aromatic carbocycles. The van der Waals surface area contributed by atoms with Crippen LogP contribution in [0.1, 0.15) is 53.3 Å². The van der Waals surface area contributed by atoms with Gasteiger partial charge in [-0.25, -0.2) is 15.0 Å². The Kier molecular flexibility index (Phi) is 5.96. The number of hydrogen-bond acceptors (Lipinski definition) is 6. The molecule has 2 amide bonds. The van der Waals surface area contributed by atoms with Crippen LogP contribution >= 0.6 is 0 Å². The van der Waals surface area contributed by atoms with Gasteiger partial charge in [0.25, 0.3) is 5.91 Å². The Morgan fingerprint density at radius 1 is 1.05 bits per heavy atom. The lowest BCUT2D eigenvalue weighted by Gasteiger charge is -2.34. The molecule has 6 rings (SSSR count). The Hall–Kier alpha value is -4.48. The smallest absolute Gasteiger partial charge is 0.382 e. The second kappa shape index (κ2) is 9.37. The number of amides is 2. The van der Waals surface area contributed by atoms with E-state index in [-0.39, 0.29) is 23.2 Å². The number of nitrogens with two attached hydrogens (primary N) is 1. The number of pyridine rings is 1. The van der Waals surface area contributed by atoms with Crippen LogP contribution in [-0.2, 0) is 11.0 Å². The molecule has 2 atom stereocenters. The van der Waals surface area contributed by atoms with E-state index in [1.54, 1.807) is 36.7 Å². The van der Waals surface area contributed by atoms with Crippen molar-refractivity contribution in [3.05, 3.63) is 71.9 Å². The number of alkyl halides is 3. The maximum absolute atomic E-state index is 13.0. The molecule has 5 heterocycles. The van der Waals surface area contributed by atoms with Crippen molar-refractivity contribution in [2.45, 2.75) is 43.8 Å². The number of imidazole rings is 1. The van der Waals surface area contributed by atoms with Crippen LogP contribution in [0.5, 0.6) is 0 Å². The van der Waals surface area contributed by atoms with E-state index >= 15 is 0 Å². The van der Waals surface area contributed by atoms with Gasteiger partial charge in [-0.3, -0.25) is 14.0 Å². The molecule has 2 aliphatic rings. The molecule has 0 radical (unpaired) electrons. The third-order valence-electron chi connectivity index (χ3n) is 7.44. The van der Waals surface area contributed by atoms with Crippen molar-refractivity contribution in [1.29, 1.82) is 0 Å². The highest BCUT2D eigenvalue weighted by molar-refractivity contribution is 6.04. The first-order valence-corrected chi connectivity index (χ1v) is 12.6. The number of halogens is 3. The number of carbonyl (C=O) groups excluding carboxylic acids is 2. The van der Waals surface area contributed by atoms with Gasteiger partial charge in [0.05, 0.1) is 5.56 Å². The minimum Gasteiger partial charge on any atom is -0.382 e. The lowest BCUT2D eigenvalue weighted by atomic mass is 9.92. The third-order valence-corrected chi connectivity index (χ3v) is 7.44. The van der Waals surface area contributed by atoms with E-state index in [9.17, 15) is 22.8 Å². The van der Waals surface area contributed by atoms with Crippen molar-refractivity contribution in [2.24, 2.45) is 0 Å². The van der Waals surface area contributed by atoms with E-state index in [0.717, 1.165) is 43.4 Å². The summed E-state index contributed by atoms with van der Waals surface area (Å²) in [5.74, 6) is 0.516. The minimum atomic E-state index is -4.55. The van der Waals surface area contributed by atoms with E-state index in [0.29, 0.717) is 41.6 Å². The molecule has 2 fully saturated rings. The van der Waals surface area contributed by atoms with E-state index in [1.165, 1.54) is 0 Å². The molecule has 0 saturated carbocycles. The molecule has 39 heavy (non-hydrogen) atoms. The zero-order valence-electron chi connectivity index (χ0n) is 20.7. The molecule has 9 nitrogen and oxygen atoms in total. The van der Waals surface area contributed by atoms with Crippen molar-refractivity contribution in [3.63, 3.8) is 0 Å². The Labute approximate surface area is 220 Å². The Morgan fingerprint density at radius 2 is 1.85 bits per heavy atom. The summed E-state index contributed by atoms with van der Waals surface area (Å²) in [6.45, 7) is 0.604. The van der Waals surface area contributed by atoms with Crippen LogP contribution in [0.4, 0.5) is 24.8 Å². The fourth-order valence-corrected chi connectivity index (χ4v) is 5.50. The molecule has 0 bridgehead atoms. The molecule has 2 aliphatic heterocycles. The van der Waals surface area contributed by atoms with Crippen LogP contribution in [0.25, 0.3) is 16.8 Å². The Bertz CT molecular complexity index is 1580. The lowest BCUT2D eigenvalue weighted by molar-refractivity contribution is -0.137. The molecular formula is C27H24F3N7O2. The predicted molar refractivity (Wildman–Crippen MR) is 137 cm³/mol. The zero-order valence-corrected chi connectivity index (χ0v) is 20.7. The number of fused-ring (bicyclic) bond motifs is 2. The summed E-state index contributed by atoms with van der Waals surface area (Å²) in [4.78, 5) is 40.0. The summed E-state index contributed by atoms with van der Waals surface area (Å²) in [6, 6.07) is 8.44. The number of aromatic nitrogens is 4. The first kappa shape index (κ1) is 24.8. The fraction of sp³-hybridized carbons (Fsp3) is 0.296. The van der Waals surface area contributed by atoms with Gasteiger partial charge in [-0.15, -0.1) is 0 Å². The number of nitrogen functional groups attached to an aromatic ring is 1. The highest BCUT2D eigenvalue weighted by atomic mass is 19.4. The van der Waals surface area contributed by atoms with Gasteiger partial charge < -0.3 is 16.0 Å². The van der Waals surface area contributed by atoms with Gasteiger partial charge in [0.2, 0.25) is 5.91 Å². The quantitative estimate of drug-likeness (QED) is 0.397. The summed E-state index contributed by atoms with van der Waals surface area (Å²) < 4.78 is 40.9. The average Bonchev–Trinajstić information content (AvgIpc) is 3.50. The van der Waals surface area contributed by atoms with Crippen LogP contribution < -0.4 is 11.1 Å². The standard InChI is InChI=1S/C27H24F3N7O2/c28-27(29,30)18-9-10-32-20(13-18)34-26(39)16-3-1-15(2-4-16)22-23-24(31)33-11-12-36(23)25(35-22)17-5-6-19-7-8-21(38)37(19)14-17/h1-4,9-13,17,19H,5-8,14H2,(H2,31,33)(H,32,34,39)/t17-,19+/m0/s1. The van der Waals surface area contributed by atoms with E-state index in [1.807, 2.05) is 9.30 Å². The first-order valence-electron chi connectivity index (χ1n) is 12.6. The second-order valence-electron chi connectivity index (χ2n) is 9.82. The number of hydrogen-bond donors (Lipinski definition) is 2. The SMILES string of the molecule is Nc1nccn2c([C@H]3CC[C@@H]4CCC(=O)N4C3)nc(-c3ccc(C(=O)Nc4cc(C(F)(F)F)ccn4)cc3)c12. The molecule has 2 saturated heterocycles. The monoisotopic (exact) mass is 535 g/mol. The van der Waals surface area contributed by atoms with Gasteiger partial charge in [-0.2, -0.15) is 13.2 Å². The molecule has 0 spiro atoms. The van der Waals surface area contributed by atoms with Crippen LogP contribution in [-0.4, -0.2) is 48.7 Å². The highest BCUT2D eigenvalue weighted by Crippen LogP contribution is 2.38. The second-order valence-corrected chi connectivity index (χ2v) is 9.82. The number of piperidine rings is 1. The maximum Gasteiger partial charge on any atom is 0.416 e. The summed E-state index contributed by atoms with van der Waals surface area (Å²) >= 11 is 0. The van der Waals surface area contributed by atoms with Crippen molar-refractivity contribution >= 4 is 29.0 Å². The minimum absolute atomic E-state index is 0.0383. The molecule has 0 unspecified atom stereocenters. The fourth-order valence-electron chi connectivity index (χ4n) is 5.50. The average molecular weight is 536 g/mol. The normalized spacial score (nSPS) is 19.4. The molecular weight excluding hydrogens is 511 g/mol. The van der Waals surface area contributed by atoms with Crippen LogP contribution in [0.2, 0.25) is 0 Å². The van der Waals surface area contributed by atoms with Gasteiger partial charge in [-0.05, 0) is 43.5 Å². The zero-order chi connectivity index (χ0) is 27.3. The molecule has 200 valence electrons. The van der Waals surface area contributed by atoms with Crippen LogP contribution in [0, 0.1) is 0 Å². The summed E-state index contributed by atoms with van der Waals surface area (Å²) in [6.07, 6.45) is 3.18. The van der Waals surface area contributed by atoms with Gasteiger partial charge >= 0.3 is 6.18 Å². The molecule has 3 aromatic heterocycles. The first-order chi connectivity index (χ1) is 18.7. The molecule has 0 aliphatic carbocycles. The largest absolute Gasteiger partial charge is 0.416 e. The van der Waals surface area contributed by atoms with E-state index in [4.69, 9.17) is 10.7 Å². The number of anilines is 2. The van der Waals surface area contributed by atoms with Crippen molar-refractivity contribution in [2.75, 3.05) is 17.6 Å². The topological polar surface area (TPSA) is 119 Å². The van der Waals surface area contributed by atoms with Gasteiger partial charge in [0, 0.05) is 54.6 Å². The molecule has 3 N–H and O–H groups in total. The van der Waals surface area contributed by atoms with Crippen molar-refractivity contribution < 1.29 is 22.8 Å². The number of nitrogens with one attached hydrogen (secondary N) is 1. The van der Waals surface area contributed by atoms with Crippen molar-refractivity contribution in [3.8, 4) is 11.3 Å². The molecule has 12 heteroatoms. The molecule has 4 aromatic rings. The summed E-state index contributed by atoms with van der Waals surface area (Å²) in [7, 11) is 0. The van der Waals surface area contributed by atoms with Gasteiger partial charge in [0.1, 0.15) is 28.7 Å². The van der Waals surface area contributed by atoms with Crippen LogP contribution in [0.15, 0.2) is 55.0 Å². The predicted octanol–water partition coefficient (Wildman–Crippen LogP) is 4.51. The van der Waals surface area contributed by atoms with Gasteiger partial charge in [-0.1, -0.05) is 12.1 Å². The highest BCUT2D eigenvalue weighted by Gasteiger charge is 2.38. The number of rotatable bonds is 4. The third kappa shape index (κ3) is 4.55. The lowest BCUT2D eigenvalue weighted by Crippen LogP contribution is -2.41. The van der Waals surface area contributed by atoms with Crippen molar-refractivity contribution in [1.82, 2.24) is 24.3 Å². The summed E-state index contributed by atoms with van der Waals surface area (Å²) in [5.41, 5.74) is 7.51. The maximum atomic E-state index is 13.0. The number of carbonyl (C=O) groups is 2. The Morgan fingerprint density at radius 3 is 2.62 bits per heavy atom. The van der Waals surface area contributed by atoms with E-state index < -0.39 is 17.6 Å². The Balaban J connectivity index is 1.28. The van der Waals surface area contributed by atoms with Gasteiger partial charge in [0.15, 0.2) is 0 Å². The number of nitrogens with zero attached hydrogens (tertiary/aromatic N) is 5. The van der Waals surface area contributed by atoms with E-state index in [2.05, 4.69) is 15.3 Å². The summed E-state index contributed by atoms with van der Waals surface area (Å²) in [5, 5.41) is 2.41.